The molecule has 32 heavy (non-hydrogen) atoms. The zero-order chi connectivity index (χ0) is 22.3. The lowest BCUT2D eigenvalue weighted by Gasteiger charge is -2.32. The van der Waals surface area contributed by atoms with Crippen molar-refractivity contribution in [1.29, 1.82) is 0 Å². The van der Waals surface area contributed by atoms with Gasteiger partial charge < -0.3 is 14.7 Å². The van der Waals surface area contributed by atoms with Gasteiger partial charge in [-0.15, -0.1) is 0 Å². The van der Waals surface area contributed by atoms with E-state index in [1.54, 1.807) is 0 Å². The Hall–Kier alpha value is -3.15. The van der Waals surface area contributed by atoms with Crippen molar-refractivity contribution in [2.75, 3.05) is 24.5 Å². The van der Waals surface area contributed by atoms with Crippen molar-refractivity contribution in [1.82, 2.24) is 15.5 Å². The molecule has 4 rings (SSSR count). The van der Waals surface area contributed by atoms with Crippen molar-refractivity contribution in [2.45, 2.75) is 45.4 Å². The smallest absolute Gasteiger partial charge is 0.227 e. The summed E-state index contributed by atoms with van der Waals surface area (Å²) >= 11 is 0. The van der Waals surface area contributed by atoms with Crippen molar-refractivity contribution >= 4 is 11.6 Å². The molecule has 0 spiro atoms. The average Bonchev–Trinajstić information content (AvgIpc) is 3.31. The summed E-state index contributed by atoms with van der Waals surface area (Å²) in [7, 11) is 0. The molecule has 0 bridgehead atoms. The van der Waals surface area contributed by atoms with Crippen LogP contribution in [0.25, 0.3) is 11.4 Å². The van der Waals surface area contributed by atoms with Crippen LogP contribution in [0.1, 0.15) is 50.5 Å². The van der Waals surface area contributed by atoms with Crippen LogP contribution in [0.2, 0.25) is 0 Å². The van der Waals surface area contributed by atoms with E-state index < -0.39 is 0 Å². The fraction of sp³-hybridized carbons (Fsp3) is 0.423. The molecule has 1 atom stereocenters. The minimum atomic E-state index is -0.00673. The Morgan fingerprint density at radius 3 is 2.56 bits per heavy atom. The SMILES string of the molecule is CC1CCN(c2ccc(-c3noc(CCC(=O)NCC(C)c4ccccc4)n3)cc2)CC1. The van der Waals surface area contributed by atoms with Crippen LogP contribution in [0, 0.1) is 5.92 Å². The van der Waals surface area contributed by atoms with Crippen molar-refractivity contribution in [3.8, 4) is 11.4 Å². The Morgan fingerprint density at radius 1 is 1.12 bits per heavy atom. The highest BCUT2D eigenvalue weighted by molar-refractivity contribution is 5.76. The lowest BCUT2D eigenvalue weighted by Crippen LogP contribution is -2.32. The molecule has 1 unspecified atom stereocenters. The maximum Gasteiger partial charge on any atom is 0.227 e. The van der Waals surface area contributed by atoms with Gasteiger partial charge in [0.15, 0.2) is 0 Å². The fourth-order valence-electron chi connectivity index (χ4n) is 4.04. The Morgan fingerprint density at radius 2 is 1.84 bits per heavy atom. The Labute approximate surface area is 190 Å². The van der Waals surface area contributed by atoms with Crippen LogP contribution in [-0.2, 0) is 11.2 Å². The van der Waals surface area contributed by atoms with Gasteiger partial charge in [-0.25, -0.2) is 0 Å². The number of nitrogens with one attached hydrogen (secondary N) is 1. The van der Waals surface area contributed by atoms with Gasteiger partial charge >= 0.3 is 0 Å². The number of benzene rings is 2. The van der Waals surface area contributed by atoms with Gasteiger partial charge in [-0.2, -0.15) is 4.98 Å². The second kappa shape index (κ2) is 10.4. The molecule has 0 aliphatic carbocycles. The number of aryl methyl sites for hydroxylation is 1. The molecule has 1 amide bonds. The molecule has 1 aromatic heterocycles. The maximum atomic E-state index is 12.2. The first-order valence-corrected chi connectivity index (χ1v) is 11.6. The van der Waals surface area contributed by atoms with Gasteiger partial charge in [0.25, 0.3) is 0 Å². The van der Waals surface area contributed by atoms with E-state index in [-0.39, 0.29) is 11.8 Å². The highest BCUT2D eigenvalue weighted by Gasteiger charge is 2.17. The van der Waals surface area contributed by atoms with E-state index >= 15 is 0 Å². The number of aromatic nitrogens is 2. The molecule has 1 aliphatic rings. The highest BCUT2D eigenvalue weighted by Crippen LogP contribution is 2.25. The number of rotatable bonds is 8. The van der Waals surface area contributed by atoms with Gasteiger partial charge in [0, 0.05) is 43.7 Å². The second-order valence-corrected chi connectivity index (χ2v) is 8.84. The van der Waals surface area contributed by atoms with Crippen LogP contribution < -0.4 is 10.2 Å². The van der Waals surface area contributed by atoms with Crippen LogP contribution >= 0.6 is 0 Å². The molecule has 1 N–H and O–H groups in total. The third-order valence-corrected chi connectivity index (χ3v) is 6.28. The highest BCUT2D eigenvalue weighted by atomic mass is 16.5. The van der Waals surface area contributed by atoms with Crippen LogP contribution in [-0.4, -0.2) is 35.7 Å². The number of amides is 1. The van der Waals surface area contributed by atoms with Crippen LogP contribution in [0.5, 0.6) is 0 Å². The molecule has 168 valence electrons. The van der Waals surface area contributed by atoms with Gasteiger partial charge in [0.1, 0.15) is 0 Å². The van der Waals surface area contributed by atoms with E-state index in [2.05, 4.69) is 58.5 Å². The zero-order valence-electron chi connectivity index (χ0n) is 19.0. The fourth-order valence-corrected chi connectivity index (χ4v) is 4.04. The van der Waals surface area contributed by atoms with E-state index in [0.29, 0.717) is 31.1 Å². The number of anilines is 1. The summed E-state index contributed by atoms with van der Waals surface area (Å²) in [5, 5.41) is 7.10. The van der Waals surface area contributed by atoms with Crippen LogP contribution in [0.4, 0.5) is 5.69 Å². The standard InChI is InChI=1S/C26H32N4O2/c1-19-14-16-30(17-15-19)23-10-8-22(9-11-23)26-28-25(32-29-26)13-12-24(31)27-18-20(2)21-6-4-3-5-7-21/h3-11,19-20H,12-18H2,1-2H3,(H,27,31). The monoisotopic (exact) mass is 432 g/mol. The van der Waals surface area contributed by atoms with E-state index in [4.69, 9.17) is 4.52 Å². The predicted octanol–water partition coefficient (Wildman–Crippen LogP) is 4.83. The third kappa shape index (κ3) is 5.75. The van der Waals surface area contributed by atoms with Crippen molar-refractivity contribution < 1.29 is 9.32 Å². The van der Waals surface area contributed by atoms with E-state index in [0.717, 1.165) is 24.6 Å². The van der Waals surface area contributed by atoms with Gasteiger partial charge in [-0.3, -0.25) is 4.79 Å². The molecule has 1 saturated heterocycles. The molecular formula is C26H32N4O2. The number of hydrogen-bond acceptors (Lipinski definition) is 5. The molecule has 1 fully saturated rings. The average molecular weight is 433 g/mol. The van der Waals surface area contributed by atoms with Gasteiger partial charge in [0.05, 0.1) is 0 Å². The third-order valence-electron chi connectivity index (χ3n) is 6.28. The number of hydrogen-bond donors (Lipinski definition) is 1. The van der Waals surface area contributed by atoms with Gasteiger partial charge in [-0.1, -0.05) is 49.3 Å². The lowest BCUT2D eigenvalue weighted by atomic mass is 9.98. The first-order chi connectivity index (χ1) is 15.6. The maximum absolute atomic E-state index is 12.2. The molecule has 0 saturated carbocycles. The Balaban J connectivity index is 1.25. The number of carbonyl (C=O) groups excluding carboxylic acids is 1. The van der Waals surface area contributed by atoms with Crippen molar-refractivity contribution in [2.24, 2.45) is 5.92 Å². The summed E-state index contributed by atoms with van der Waals surface area (Å²) in [5.74, 6) is 2.13. The van der Waals surface area contributed by atoms with Gasteiger partial charge in [0.2, 0.25) is 17.6 Å². The van der Waals surface area contributed by atoms with Gasteiger partial charge in [-0.05, 0) is 54.5 Å². The number of nitrogens with zero attached hydrogens (tertiary/aromatic N) is 3. The van der Waals surface area contributed by atoms with E-state index in [1.807, 2.05) is 30.3 Å². The Kier molecular flexibility index (Phi) is 7.20. The van der Waals surface area contributed by atoms with Crippen molar-refractivity contribution in [3.63, 3.8) is 0 Å². The quantitative estimate of drug-likeness (QED) is 0.552. The summed E-state index contributed by atoms with van der Waals surface area (Å²) in [6.07, 6.45) is 3.25. The zero-order valence-corrected chi connectivity index (χ0v) is 19.0. The molecule has 6 heteroatoms. The van der Waals surface area contributed by atoms with Crippen LogP contribution in [0.15, 0.2) is 59.1 Å². The van der Waals surface area contributed by atoms with E-state index in [1.165, 1.54) is 24.1 Å². The lowest BCUT2D eigenvalue weighted by molar-refractivity contribution is -0.121. The topological polar surface area (TPSA) is 71.3 Å². The summed E-state index contributed by atoms with van der Waals surface area (Å²) in [6.45, 7) is 7.26. The minimum absolute atomic E-state index is 0.00673. The molecule has 6 nitrogen and oxygen atoms in total. The summed E-state index contributed by atoms with van der Waals surface area (Å²) in [4.78, 5) is 19.1. The second-order valence-electron chi connectivity index (χ2n) is 8.84. The Bertz CT molecular complexity index is 992. The largest absolute Gasteiger partial charge is 0.372 e. The van der Waals surface area contributed by atoms with Crippen molar-refractivity contribution in [3.05, 3.63) is 66.1 Å². The summed E-state index contributed by atoms with van der Waals surface area (Å²) in [6, 6.07) is 18.5. The summed E-state index contributed by atoms with van der Waals surface area (Å²) < 4.78 is 5.37. The molecular weight excluding hydrogens is 400 g/mol. The van der Waals surface area contributed by atoms with E-state index in [9.17, 15) is 4.79 Å². The molecule has 0 radical (unpaired) electrons. The summed E-state index contributed by atoms with van der Waals surface area (Å²) in [5.41, 5.74) is 3.39. The first kappa shape index (κ1) is 22.1. The normalized spacial score (nSPS) is 15.5. The first-order valence-electron chi connectivity index (χ1n) is 11.6. The number of carbonyl (C=O) groups is 1. The molecule has 2 heterocycles. The molecule has 1 aliphatic heterocycles. The molecule has 3 aromatic rings. The molecule has 2 aromatic carbocycles. The minimum Gasteiger partial charge on any atom is -0.372 e. The van der Waals surface area contributed by atoms with Crippen LogP contribution in [0.3, 0.4) is 0 Å². The predicted molar refractivity (Wildman–Crippen MR) is 127 cm³/mol. The number of piperidine rings is 1.